The second-order valence-electron chi connectivity index (χ2n) is 4.33. The molecular weight excluding hydrogens is 358 g/mol. The van der Waals surface area contributed by atoms with Crippen LogP contribution in [0.1, 0.15) is 11.1 Å². The fraction of sp³-hybridized carbons (Fsp3) is 0.133. The number of fused-ring (bicyclic) bond motifs is 3. The first-order chi connectivity index (χ1) is 7.24. The van der Waals surface area contributed by atoms with Gasteiger partial charge in [0.2, 0.25) is 0 Å². The van der Waals surface area contributed by atoms with Crippen LogP contribution >= 0.6 is 0 Å². The summed E-state index contributed by atoms with van der Waals surface area (Å²) in [5, 5.41) is 5.46. The maximum atomic E-state index is 2.28. The van der Waals surface area contributed by atoms with Crippen LogP contribution in [-0.4, -0.2) is 0 Å². The van der Waals surface area contributed by atoms with E-state index in [1.165, 1.54) is 32.7 Å². The van der Waals surface area contributed by atoms with Crippen molar-refractivity contribution in [1.29, 1.82) is 0 Å². The number of aryl methyl sites for hydroxylation is 2. The van der Waals surface area contributed by atoms with E-state index in [1.807, 2.05) is 0 Å². The molecule has 0 fully saturated rings. The summed E-state index contributed by atoms with van der Waals surface area (Å²) in [7, 11) is 0. The summed E-state index contributed by atoms with van der Waals surface area (Å²) in [5.74, 6) is 0. The predicted molar refractivity (Wildman–Crippen MR) is 66.5 cm³/mol. The van der Waals surface area contributed by atoms with Crippen LogP contribution in [0.15, 0.2) is 42.5 Å². The van der Waals surface area contributed by atoms with Crippen molar-refractivity contribution < 1.29 is 65.4 Å². The van der Waals surface area contributed by atoms with Crippen molar-refractivity contribution in [1.82, 2.24) is 0 Å². The Morgan fingerprint density at radius 1 is 0.706 bits per heavy atom. The molecule has 0 unspecified atom stereocenters. The van der Waals surface area contributed by atoms with Crippen molar-refractivity contribution >= 4 is 21.5 Å². The molecule has 2 heteroatoms. The van der Waals surface area contributed by atoms with E-state index in [-0.39, 0.29) is 65.4 Å². The second-order valence-corrected chi connectivity index (χ2v) is 4.33. The zero-order valence-electron chi connectivity index (χ0n) is 10.2. The second kappa shape index (κ2) is 6.11. The minimum atomic E-state index is 0. The van der Waals surface area contributed by atoms with Gasteiger partial charge in [0, 0.05) is 65.4 Å². The van der Waals surface area contributed by atoms with E-state index in [0.29, 0.717) is 0 Å². The third kappa shape index (κ3) is 2.92. The van der Waals surface area contributed by atoms with Crippen molar-refractivity contribution in [3.63, 3.8) is 0 Å². The smallest absolute Gasteiger partial charge is 0 e. The van der Waals surface area contributed by atoms with Gasteiger partial charge < -0.3 is 0 Å². The van der Waals surface area contributed by atoms with Crippen molar-refractivity contribution in [2.24, 2.45) is 0 Å². The predicted octanol–water partition coefficient (Wildman–Crippen LogP) is 4.32. The molecule has 0 aliphatic rings. The summed E-state index contributed by atoms with van der Waals surface area (Å²) in [6, 6.07) is 15.6. The van der Waals surface area contributed by atoms with Gasteiger partial charge in [0.1, 0.15) is 0 Å². The summed E-state index contributed by atoms with van der Waals surface area (Å²) in [6.07, 6.45) is 0. The Kier molecular flexibility index (Phi) is 5.60. The van der Waals surface area contributed by atoms with Crippen LogP contribution in [0.5, 0.6) is 0 Å². The van der Waals surface area contributed by atoms with E-state index in [0.717, 1.165) is 0 Å². The zero-order valence-corrected chi connectivity index (χ0v) is 15.9. The molecular formula is C15H13Y2-. The minimum absolute atomic E-state index is 0. The number of benzene rings is 2. The van der Waals surface area contributed by atoms with Crippen LogP contribution in [0, 0.1) is 13.8 Å². The van der Waals surface area contributed by atoms with Gasteiger partial charge in [-0.2, -0.15) is 0 Å². The molecule has 0 aliphatic heterocycles. The van der Waals surface area contributed by atoms with E-state index in [1.54, 1.807) is 0 Å². The first-order valence-corrected chi connectivity index (χ1v) is 5.30. The maximum Gasteiger partial charge on any atom is 0 e. The molecule has 0 heterocycles. The molecule has 0 N–H and O–H groups in total. The van der Waals surface area contributed by atoms with Crippen LogP contribution in [-0.2, 0) is 65.4 Å². The van der Waals surface area contributed by atoms with Crippen LogP contribution in [0.25, 0.3) is 21.5 Å². The van der Waals surface area contributed by atoms with Crippen molar-refractivity contribution in [2.45, 2.75) is 13.8 Å². The van der Waals surface area contributed by atoms with Gasteiger partial charge in [-0.3, -0.25) is 0 Å². The average Bonchev–Trinajstić information content (AvgIpc) is 2.53. The van der Waals surface area contributed by atoms with E-state index < -0.39 is 0 Å². The molecule has 0 saturated carbocycles. The Hall–Kier alpha value is 0.518. The first-order valence-electron chi connectivity index (χ1n) is 5.30. The van der Waals surface area contributed by atoms with Crippen molar-refractivity contribution in [3.05, 3.63) is 53.6 Å². The number of rotatable bonds is 0. The van der Waals surface area contributed by atoms with E-state index in [4.69, 9.17) is 0 Å². The third-order valence-corrected chi connectivity index (χ3v) is 3.02. The standard InChI is InChI=1S/C15H13.2Y/c1-10-3-5-14-12(7-10)9-13-8-11(2)4-6-15(13)14;;/h3-9H,1-2H3;;/q-1;;. The largest absolute Gasteiger partial charge is 0.126 e. The van der Waals surface area contributed by atoms with Crippen LogP contribution in [0.4, 0.5) is 0 Å². The Morgan fingerprint density at radius 2 is 1.12 bits per heavy atom. The Labute approximate surface area is 152 Å². The molecule has 80 valence electrons. The molecule has 3 rings (SSSR count). The van der Waals surface area contributed by atoms with Gasteiger partial charge in [-0.25, -0.2) is 0 Å². The third-order valence-electron chi connectivity index (χ3n) is 3.02. The molecule has 0 atom stereocenters. The molecule has 0 spiro atoms. The molecule has 0 bridgehead atoms. The zero-order chi connectivity index (χ0) is 10.4. The monoisotopic (exact) mass is 371 g/mol. The molecule has 0 amide bonds. The van der Waals surface area contributed by atoms with Gasteiger partial charge in [-0.15, -0.1) is 39.7 Å². The van der Waals surface area contributed by atoms with Gasteiger partial charge in [-0.1, -0.05) is 35.4 Å². The first kappa shape index (κ1) is 15.6. The van der Waals surface area contributed by atoms with Crippen molar-refractivity contribution in [2.75, 3.05) is 0 Å². The van der Waals surface area contributed by atoms with Crippen molar-refractivity contribution in [3.8, 4) is 0 Å². The van der Waals surface area contributed by atoms with Gasteiger partial charge in [0.15, 0.2) is 0 Å². The minimum Gasteiger partial charge on any atom is -0.126 e. The Bertz CT molecular complexity index is 594. The number of hydrogen-bond acceptors (Lipinski definition) is 0. The topological polar surface area (TPSA) is 0 Å². The quantitative estimate of drug-likeness (QED) is 0.517. The van der Waals surface area contributed by atoms with E-state index in [9.17, 15) is 0 Å². The summed E-state index contributed by atoms with van der Waals surface area (Å²) in [6.45, 7) is 4.28. The summed E-state index contributed by atoms with van der Waals surface area (Å²) in [4.78, 5) is 0. The molecule has 0 aromatic heterocycles. The fourth-order valence-electron chi connectivity index (χ4n) is 2.26. The normalized spacial score (nSPS) is 10.0. The fourth-order valence-corrected chi connectivity index (χ4v) is 2.26. The Balaban J connectivity index is 0.000000722. The van der Waals surface area contributed by atoms with E-state index in [2.05, 4.69) is 56.3 Å². The van der Waals surface area contributed by atoms with Crippen LogP contribution in [0.2, 0.25) is 0 Å². The van der Waals surface area contributed by atoms with Gasteiger partial charge >= 0.3 is 0 Å². The molecule has 2 radical (unpaired) electrons. The SMILES string of the molecule is Cc1ccc2c(c1)[cH-]c1cc(C)ccc12.[Y].[Y]. The van der Waals surface area contributed by atoms with Crippen LogP contribution < -0.4 is 0 Å². The summed E-state index contributed by atoms with van der Waals surface area (Å²) in [5.41, 5.74) is 2.66. The molecule has 3 aromatic rings. The molecule has 3 aromatic carbocycles. The van der Waals surface area contributed by atoms with E-state index >= 15 is 0 Å². The van der Waals surface area contributed by atoms with Gasteiger partial charge in [0.25, 0.3) is 0 Å². The van der Waals surface area contributed by atoms with Gasteiger partial charge in [-0.05, 0) is 13.8 Å². The average molecular weight is 371 g/mol. The summed E-state index contributed by atoms with van der Waals surface area (Å²) >= 11 is 0. The van der Waals surface area contributed by atoms with Crippen LogP contribution in [0.3, 0.4) is 0 Å². The van der Waals surface area contributed by atoms with Gasteiger partial charge in [0.05, 0.1) is 0 Å². The molecule has 0 nitrogen and oxygen atoms in total. The maximum absolute atomic E-state index is 2.28. The number of hydrogen-bond donors (Lipinski definition) is 0. The summed E-state index contributed by atoms with van der Waals surface area (Å²) < 4.78 is 0. The molecule has 0 aliphatic carbocycles. The molecule has 0 saturated heterocycles. The molecule has 17 heavy (non-hydrogen) atoms. The Morgan fingerprint density at radius 3 is 1.53 bits per heavy atom.